The highest BCUT2D eigenvalue weighted by Gasteiger charge is 2.22. The minimum Gasteiger partial charge on any atom is -0.376 e. The number of aryl methyl sites for hydroxylation is 1. The number of amides is 1. The molecule has 1 amide bonds. The van der Waals surface area contributed by atoms with Crippen LogP contribution in [0.1, 0.15) is 25.3 Å². The van der Waals surface area contributed by atoms with Crippen molar-refractivity contribution in [2.24, 2.45) is 0 Å². The van der Waals surface area contributed by atoms with E-state index in [4.69, 9.17) is 0 Å². The number of benzene rings is 1. The Morgan fingerprint density at radius 3 is 2.94 bits per heavy atom. The first-order valence-corrected chi connectivity index (χ1v) is 5.90. The van der Waals surface area contributed by atoms with Gasteiger partial charge in [0, 0.05) is 11.7 Å². The lowest BCUT2D eigenvalue weighted by atomic mass is 10.1. The number of carbonyl (C=O) groups is 1. The van der Waals surface area contributed by atoms with Gasteiger partial charge < -0.3 is 10.6 Å². The van der Waals surface area contributed by atoms with Crippen molar-refractivity contribution in [1.82, 2.24) is 5.32 Å². The first-order valence-electron chi connectivity index (χ1n) is 5.90. The molecule has 3 heteroatoms. The number of rotatable bonds is 5. The van der Waals surface area contributed by atoms with Crippen LogP contribution in [0.15, 0.2) is 24.3 Å². The van der Waals surface area contributed by atoms with Gasteiger partial charge in [0.05, 0.1) is 6.54 Å². The van der Waals surface area contributed by atoms with Crippen molar-refractivity contribution in [2.75, 3.05) is 11.9 Å². The third kappa shape index (κ3) is 3.26. The second kappa shape index (κ2) is 5.01. The van der Waals surface area contributed by atoms with Crippen LogP contribution < -0.4 is 10.6 Å². The number of nitrogens with one attached hydrogen (secondary N) is 2. The first-order chi connectivity index (χ1) is 7.78. The van der Waals surface area contributed by atoms with Gasteiger partial charge in [-0.2, -0.15) is 0 Å². The van der Waals surface area contributed by atoms with E-state index in [9.17, 15) is 4.79 Å². The Hall–Kier alpha value is -1.51. The van der Waals surface area contributed by atoms with Crippen molar-refractivity contribution in [3.63, 3.8) is 0 Å². The summed E-state index contributed by atoms with van der Waals surface area (Å²) in [5.41, 5.74) is 2.30. The Morgan fingerprint density at radius 1 is 1.44 bits per heavy atom. The summed E-state index contributed by atoms with van der Waals surface area (Å²) in [6.45, 7) is 2.49. The van der Waals surface area contributed by atoms with E-state index >= 15 is 0 Å². The zero-order chi connectivity index (χ0) is 11.4. The molecular weight excluding hydrogens is 200 g/mol. The molecule has 0 atom stereocenters. The summed E-state index contributed by atoms with van der Waals surface area (Å²) < 4.78 is 0. The summed E-state index contributed by atoms with van der Waals surface area (Å²) in [7, 11) is 0. The molecule has 1 aromatic carbocycles. The van der Waals surface area contributed by atoms with Gasteiger partial charge in [-0.1, -0.05) is 19.1 Å². The zero-order valence-electron chi connectivity index (χ0n) is 9.62. The van der Waals surface area contributed by atoms with Crippen LogP contribution in [0.25, 0.3) is 0 Å². The molecule has 0 spiro atoms. The fourth-order valence-electron chi connectivity index (χ4n) is 1.59. The molecule has 0 saturated heterocycles. The maximum atomic E-state index is 11.4. The molecule has 2 N–H and O–H groups in total. The van der Waals surface area contributed by atoms with Crippen molar-refractivity contribution >= 4 is 11.6 Å². The minimum atomic E-state index is 0.0874. The molecule has 1 aromatic rings. The summed E-state index contributed by atoms with van der Waals surface area (Å²) in [6, 6.07) is 8.62. The molecule has 0 aliphatic heterocycles. The second-order valence-corrected chi connectivity index (χ2v) is 4.25. The zero-order valence-corrected chi connectivity index (χ0v) is 9.62. The van der Waals surface area contributed by atoms with Gasteiger partial charge in [0.15, 0.2) is 0 Å². The third-order valence-electron chi connectivity index (χ3n) is 2.73. The Morgan fingerprint density at radius 2 is 2.25 bits per heavy atom. The summed E-state index contributed by atoms with van der Waals surface area (Å²) in [5.74, 6) is 0.0874. The van der Waals surface area contributed by atoms with Crippen LogP contribution in [-0.4, -0.2) is 18.5 Å². The Balaban J connectivity index is 1.80. The largest absolute Gasteiger partial charge is 0.376 e. The van der Waals surface area contributed by atoms with Crippen molar-refractivity contribution in [3.8, 4) is 0 Å². The summed E-state index contributed by atoms with van der Waals surface area (Å²) in [5, 5.41) is 6.09. The molecule has 16 heavy (non-hydrogen) atoms. The number of hydrogen-bond donors (Lipinski definition) is 2. The number of carbonyl (C=O) groups excluding carboxylic acids is 1. The average molecular weight is 218 g/mol. The van der Waals surface area contributed by atoms with E-state index in [1.807, 2.05) is 12.1 Å². The lowest BCUT2D eigenvalue weighted by Gasteiger charge is -2.07. The van der Waals surface area contributed by atoms with E-state index < -0.39 is 0 Å². The molecule has 1 aliphatic carbocycles. The Labute approximate surface area is 96.2 Å². The van der Waals surface area contributed by atoms with E-state index in [-0.39, 0.29) is 5.91 Å². The van der Waals surface area contributed by atoms with Crippen LogP contribution in [0.3, 0.4) is 0 Å². The highest BCUT2D eigenvalue weighted by molar-refractivity contribution is 5.81. The molecule has 2 rings (SSSR count). The normalized spacial score (nSPS) is 14.6. The van der Waals surface area contributed by atoms with E-state index in [2.05, 4.69) is 29.7 Å². The van der Waals surface area contributed by atoms with Crippen LogP contribution in [-0.2, 0) is 11.2 Å². The minimum absolute atomic E-state index is 0.0874. The van der Waals surface area contributed by atoms with Crippen LogP contribution in [0.5, 0.6) is 0 Å². The highest BCUT2D eigenvalue weighted by Crippen LogP contribution is 2.18. The van der Waals surface area contributed by atoms with Gasteiger partial charge in [0.1, 0.15) is 0 Å². The average Bonchev–Trinajstić information content (AvgIpc) is 3.10. The maximum absolute atomic E-state index is 11.4. The fraction of sp³-hybridized carbons (Fsp3) is 0.462. The quantitative estimate of drug-likeness (QED) is 0.793. The molecule has 0 heterocycles. The van der Waals surface area contributed by atoms with Crippen molar-refractivity contribution in [2.45, 2.75) is 32.2 Å². The molecule has 0 aromatic heterocycles. The van der Waals surface area contributed by atoms with Crippen molar-refractivity contribution in [1.29, 1.82) is 0 Å². The number of hydrogen-bond acceptors (Lipinski definition) is 2. The summed E-state index contributed by atoms with van der Waals surface area (Å²) in [6.07, 6.45) is 3.29. The van der Waals surface area contributed by atoms with Gasteiger partial charge >= 0.3 is 0 Å². The van der Waals surface area contributed by atoms with E-state index in [1.165, 1.54) is 5.56 Å². The van der Waals surface area contributed by atoms with Crippen molar-refractivity contribution < 1.29 is 4.79 Å². The molecule has 1 fully saturated rings. The van der Waals surface area contributed by atoms with Crippen LogP contribution in [0.2, 0.25) is 0 Å². The second-order valence-electron chi connectivity index (χ2n) is 4.25. The first kappa shape index (κ1) is 11.0. The smallest absolute Gasteiger partial charge is 0.239 e. The van der Waals surface area contributed by atoms with E-state index in [0.29, 0.717) is 12.6 Å². The molecule has 1 aliphatic rings. The predicted molar refractivity (Wildman–Crippen MR) is 65.5 cm³/mol. The molecular formula is C13H18N2O. The Kier molecular flexibility index (Phi) is 3.44. The number of anilines is 1. The van der Waals surface area contributed by atoms with Gasteiger partial charge in [-0.05, 0) is 37.0 Å². The SMILES string of the molecule is CCc1cccc(NCC(=O)NC2CC2)c1. The Bertz CT molecular complexity index is 372. The molecule has 3 nitrogen and oxygen atoms in total. The van der Waals surface area contributed by atoms with Gasteiger partial charge in [-0.15, -0.1) is 0 Å². The van der Waals surface area contributed by atoms with Gasteiger partial charge in [-0.3, -0.25) is 4.79 Å². The topological polar surface area (TPSA) is 41.1 Å². The molecule has 0 bridgehead atoms. The van der Waals surface area contributed by atoms with Gasteiger partial charge in [0.2, 0.25) is 5.91 Å². The maximum Gasteiger partial charge on any atom is 0.239 e. The molecule has 0 radical (unpaired) electrons. The fourth-order valence-corrected chi connectivity index (χ4v) is 1.59. The molecule has 1 saturated carbocycles. The van der Waals surface area contributed by atoms with Crippen LogP contribution in [0, 0.1) is 0 Å². The third-order valence-corrected chi connectivity index (χ3v) is 2.73. The lowest BCUT2D eigenvalue weighted by molar-refractivity contribution is -0.119. The van der Waals surface area contributed by atoms with E-state index in [0.717, 1.165) is 24.9 Å². The summed E-state index contributed by atoms with van der Waals surface area (Å²) in [4.78, 5) is 11.4. The van der Waals surface area contributed by atoms with Crippen LogP contribution >= 0.6 is 0 Å². The predicted octanol–water partition coefficient (Wildman–Crippen LogP) is 1.94. The molecule has 86 valence electrons. The molecule has 0 unspecified atom stereocenters. The highest BCUT2D eigenvalue weighted by atomic mass is 16.2. The van der Waals surface area contributed by atoms with Gasteiger partial charge in [0.25, 0.3) is 0 Å². The van der Waals surface area contributed by atoms with Gasteiger partial charge in [-0.25, -0.2) is 0 Å². The van der Waals surface area contributed by atoms with Crippen molar-refractivity contribution in [3.05, 3.63) is 29.8 Å². The summed E-state index contributed by atoms with van der Waals surface area (Å²) >= 11 is 0. The standard InChI is InChI=1S/C13H18N2O/c1-2-10-4-3-5-12(8-10)14-9-13(16)15-11-6-7-11/h3-5,8,11,14H,2,6-7,9H2,1H3,(H,15,16). The lowest BCUT2D eigenvalue weighted by Crippen LogP contribution is -2.31. The van der Waals surface area contributed by atoms with E-state index in [1.54, 1.807) is 0 Å². The monoisotopic (exact) mass is 218 g/mol. The van der Waals surface area contributed by atoms with Crippen LogP contribution in [0.4, 0.5) is 5.69 Å².